The second-order valence-corrected chi connectivity index (χ2v) is 6.03. The van der Waals surface area contributed by atoms with E-state index >= 15 is 0 Å². The van der Waals surface area contributed by atoms with E-state index in [1.165, 1.54) is 6.07 Å². The largest absolute Gasteiger partial charge is 0.508 e. The van der Waals surface area contributed by atoms with Crippen LogP contribution in [0.3, 0.4) is 0 Å². The van der Waals surface area contributed by atoms with Gasteiger partial charge in [0.25, 0.3) is 5.91 Å². The van der Waals surface area contributed by atoms with Crippen LogP contribution in [0.15, 0.2) is 39.3 Å². The van der Waals surface area contributed by atoms with Gasteiger partial charge >= 0.3 is 0 Å². The van der Waals surface area contributed by atoms with Gasteiger partial charge in [0.05, 0.1) is 11.4 Å². The number of benzene rings is 2. The maximum atomic E-state index is 12.3. The minimum atomic E-state index is -0.326. The highest BCUT2D eigenvalue weighted by molar-refractivity contribution is 9.11. The predicted molar refractivity (Wildman–Crippen MR) is 87.1 cm³/mol. The van der Waals surface area contributed by atoms with Gasteiger partial charge in [0.15, 0.2) is 0 Å². The van der Waals surface area contributed by atoms with Crippen LogP contribution in [0.1, 0.15) is 15.9 Å². The highest BCUT2D eigenvalue weighted by Crippen LogP contribution is 2.33. The number of anilines is 2. The summed E-state index contributed by atoms with van der Waals surface area (Å²) < 4.78 is 1.49. The molecule has 0 saturated heterocycles. The van der Waals surface area contributed by atoms with Gasteiger partial charge in [-0.3, -0.25) is 4.79 Å². The topological polar surface area (TPSA) is 75.3 Å². The Labute approximate surface area is 133 Å². The standard InChI is InChI=1S/C14H12Br2N2O2/c1-7-9(3-2-4-12(7)19)14(20)18-13-10(16)5-8(15)6-11(13)17/h2-6,19H,17H2,1H3,(H,18,20). The summed E-state index contributed by atoms with van der Waals surface area (Å²) in [6, 6.07) is 8.30. The summed E-state index contributed by atoms with van der Waals surface area (Å²) in [6.45, 7) is 1.68. The monoisotopic (exact) mass is 398 g/mol. The Hall–Kier alpha value is -1.53. The Morgan fingerprint density at radius 3 is 2.65 bits per heavy atom. The molecular formula is C14H12Br2N2O2. The first-order valence-corrected chi connectivity index (χ1v) is 7.33. The molecular weight excluding hydrogens is 388 g/mol. The van der Waals surface area contributed by atoms with Gasteiger partial charge < -0.3 is 16.2 Å². The summed E-state index contributed by atoms with van der Waals surface area (Å²) in [4.78, 5) is 12.3. The molecule has 0 aromatic heterocycles. The van der Waals surface area contributed by atoms with Gasteiger partial charge in [-0.1, -0.05) is 22.0 Å². The van der Waals surface area contributed by atoms with E-state index in [9.17, 15) is 9.90 Å². The molecule has 2 aromatic rings. The van der Waals surface area contributed by atoms with Gasteiger partial charge in [-0.25, -0.2) is 0 Å². The van der Waals surface area contributed by atoms with Crippen molar-refractivity contribution in [3.63, 3.8) is 0 Å². The van der Waals surface area contributed by atoms with Crippen molar-refractivity contribution in [3.05, 3.63) is 50.4 Å². The predicted octanol–water partition coefficient (Wildman–Crippen LogP) is 4.06. The number of carbonyl (C=O) groups is 1. The molecule has 0 unspecified atom stereocenters. The molecule has 0 fully saturated rings. The number of nitrogens with one attached hydrogen (secondary N) is 1. The van der Waals surface area contributed by atoms with Crippen molar-refractivity contribution in [1.82, 2.24) is 0 Å². The number of nitrogens with two attached hydrogens (primary N) is 1. The normalized spacial score (nSPS) is 10.3. The second kappa shape index (κ2) is 5.85. The third kappa shape index (κ3) is 2.96. The summed E-state index contributed by atoms with van der Waals surface area (Å²) >= 11 is 6.68. The van der Waals surface area contributed by atoms with Crippen molar-refractivity contribution >= 4 is 49.1 Å². The minimum Gasteiger partial charge on any atom is -0.508 e. The molecule has 4 nitrogen and oxygen atoms in total. The van der Waals surface area contributed by atoms with Crippen LogP contribution in [-0.4, -0.2) is 11.0 Å². The van der Waals surface area contributed by atoms with E-state index in [1.807, 2.05) is 0 Å². The number of carbonyl (C=O) groups excluding carboxylic acids is 1. The maximum Gasteiger partial charge on any atom is 0.256 e. The molecule has 2 aromatic carbocycles. The zero-order valence-electron chi connectivity index (χ0n) is 10.6. The maximum absolute atomic E-state index is 12.3. The van der Waals surface area contributed by atoms with Crippen LogP contribution in [0.25, 0.3) is 0 Å². The van der Waals surface area contributed by atoms with E-state index < -0.39 is 0 Å². The molecule has 0 atom stereocenters. The van der Waals surface area contributed by atoms with Crippen molar-refractivity contribution < 1.29 is 9.90 Å². The number of phenolic OH excluding ortho intramolecular Hbond substituents is 1. The zero-order valence-corrected chi connectivity index (χ0v) is 13.7. The van der Waals surface area contributed by atoms with E-state index in [0.717, 1.165) is 4.47 Å². The van der Waals surface area contributed by atoms with Gasteiger partial charge in [-0.15, -0.1) is 0 Å². The third-order valence-electron chi connectivity index (χ3n) is 2.87. The zero-order chi connectivity index (χ0) is 14.9. The Balaban J connectivity index is 2.36. The van der Waals surface area contributed by atoms with Crippen molar-refractivity contribution in [2.24, 2.45) is 0 Å². The summed E-state index contributed by atoms with van der Waals surface area (Å²) in [5.74, 6) is -0.242. The van der Waals surface area contributed by atoms with Gasteiger partial charge in [0.1, 0.15) is 5.75 Å². The first kappa shape index (κ1) is 14.9. The lowest BCUT2D eigenvalue weighted by Crippen LogP contribution is -2.15. The molecule has 2 rings (SSSR count). The quantitative estimate of drug-likeness (QED) is 0.666. The fourth-order valence-electron chi connectivity index (χ4n) is 1.78. The van der Waals surface area contributed by atoms with E-state index in [-0.39, 0.29) is 11.7 Å². The Morgan fingerprint density at radius 2 is 2.00 bits per heavy atom. The van der Waals surface area contributed by atoms with Crippen molar-refractivity contribution in [2.45, 2.75) is 6.92 Å². The highest BCUT2D eigenvalue weighted by atomic mass is 79.9. The van der Waals surface area contributed by atoms with Crippen molar-refractivity contribution in [1.29, 1.82) is 0 Å². The molecule has 1 amide bonds. The van der Waals surface area contributed by atoms with E-state index in [1.54, 1.807) is 31.2 Å². The number of hydrogen-bond acceptors (Lipinski definition) is 3. The lowest BCUT2D eigenvalue weighted by atomic mass is 10.1. The Kier molecular flexibility index (Phi) is 4.35. The van der Waals surface area contributed by atoms with Crippen molar-refractivity contribution in [2.75, 3.05) is 11.1 Å². The molecule has 6 heteroatoms. The molecule has 0 saturated carbocycles. The van der Waals surface area contributed by atoms with Gasteiger partial charge in [-0.05, 0) is 47.1 Å². The molecule has 0 aliphatic heterocycles. The fraction of sp³-hybridized carbons (Fsp3) is 0.0714. The van der Waals surface area contributed by atoms with Crippen LogP contribution in [0.4, 0.5) is 11.4 Å². The molecule has 0 spiro atoms. The van der Waals surface area contributed by atoms with Crippen molar-refractivity contribution in [3.8, 4) is 5.75 Å². The lowest BCUT2D eigenvalue weighted by molar-refractivity contribution is 0.102. The van der Waals surface area contributed by atoms with E-state index in [2.05, 4.69) is 37.2 Å². The summed E-state index contributed by atoms with van der Waals surface area (Å²) in [5.41, 5.74) is 7.76. The van der Waals surface area contributed by atoms with Crippen LogP contribution < -0.4 is 11.1 Å². The SMILES string of the molecule is Cc1c(O)cccc1C(=O)Nc1c(N)cc(Br)cc1Br. The Morgan fingerprint density at radius 1 is 1.30 bits per heavy atom. The van der Waals surface area contributed by atoms with Crippen LogP contribution in [0.5, 0.6) is 5.75 Å². The van der Waals surface area contributed by atoms with Crippen LogP contribution in [-0.2, 0) is 0 Å². The van der Waals surface area contributed by atoms with Gasteiger partial charge in [0, 0.05) is 20.1 Å². The third-order valence-corrected chi connectivity index (χ3v) is 3.96. The fourth-order valence-corrected chi connectivity index (χ4v) is 3.13. The molecule has 0 aliphatic rings. The molecule has 0 bridgehead atoms. The lowest BCUT2D eigenvalue weighted by Gasteiger charge is -2.12. The molecule has 20 heavy (non-hydrogen) atoms. The van der Waals surface area contributed by atoms with Crippen LogP contribution >= 0.6 is 31.9 Å². The van der Waals surface area contributed by atoms with Crippen LogP contribution in [0, 0.1) is 6.92 Å². The molecule has 4 N–H and O–H groups in total. The average Bonchev–Trinajstić information content (AvgIpc) is 2.36. The van der Waals surface area contributed by atoms with E-state index in [0.29, 0.717) is 27.0 Å². The molecule has 0 aliphatic carbocycles. The highest BCUT2D eigenvalue weighted by Gasteiger charge is 2.15. The first-order valence-electron chi connectivity index (χ1n) is 5.74. The summed E-state index contributed by atoms with van der Waals surface area (Å²) in [6.07, 6.45) is 0. The smallest absolute Gasteiger partial charge is 0.256 e. The number of amides is 1. The molecule has 104 valence electrons. The van der Waals surface area contributed by atoms with Crippen LogP contribution in [0.2, 0.25) is 0 Å². The number of halogens is 2. The first-order chi connectivity index (χ1) is 9.40. The van der Waals surface area contributed by atoms with Gasteiger partial charge in [0.2, 0.25) is 0 Å². The summed E-state index contributed by atoms with van der Waals surface area (Å²) in [5, 5.41) is 12.4. The second-order valence-electron chi connectivity index (χ2n) is 4.26. The van der Waals surface area contributed by atoms with E-state index in [4.69, 9.17) is 5.73 Å². The molecule has 0 heterocycles. The number of rotatable bonds is 2. The molecule has 0 radical (unpaired) electrons. The Bertz CT molecular complexity index is 664. The number of phenols is 1. The number of aromatic hydroxyl groups is 1. The number of nitrogen functional groups attached to an aromatic ring is 1. The number of hydrogen-bond donors (Lipinski definition) is 3. The minimum absolute atomic E-state index is 0.0838. The summed E-state index contributed by atoms with van der Waals surface area (Å²) in [7, 11) is 0. The van der Waals surface area contributed by atoms with Gasteiger partial charge in [-0.2, -0.15) is 0 Å². The average molecular weight is 400 g/mol.